The predicted molar refractivity (Wildman–Crippen MR) is 67.2 cm³/mol. The number of rotatable bonds is 5. The van der Waals surface area contributed by atoms with E-state index in [0.717, 1.165) is 12.1 Å². The van der Waals surface area contributed by atoms with Gasteiger partial charge in [0.2, 0.25) is 0 Å². The summed E-state index contributed by atoms with van der Waals surface area (Å²) in [5, 5.41) is 0. The minimum atomic E-state index is -0.339. The molecule has 1 aromatic rings. The average molecular weight is 237 g/mol. The van der Waals surface area contributed by atoms with Gasteiger partial charge in [-0.3, -0.25) is 4.79 Å². The Labute approximate surface area is 102 Å². The molecule has 3 heteroatoms. The fourth-order valence-electron chi connectivity index (χ4n) is 1.74. The normalized spacial score (nSPS) is 11.9. The van der Waals surface area contributed by atoms with Gasteiger partial charge in [-0.2, -0.15) is 0 Å². The van der Waals surface area contributed by atoms with Gasteiger partial charge in [-0.15, -0.1) is 0 Å². The number of hydrogen-bond donors (Lipinski definition) is 0. The Kier molecular flexibility index (Phi) is 4.40. The smallest absolute Gasteiger partial charge is 0.136 e. The lowest BCUT2D eigenvalue weighted by molar-refractivity contribution is -0.125. The largest absolute Gasteiger partial charge is 0.301 e. The maximum atomic E-state index is 12.7. The number of nitrogens with zero attached hydrogens (tertiary/aromatic N) is 1. The first-order valence-electron chi connectivity index (χ1n) is 5.75. The molecule has 2 nitrogen and oxygen atoms in total. The molecule has 94 valence electrons. The zero-order chi connectivity index (χ0) is 13.1. The van der Waals surface area contributed by atoms with Crippen LogP contribution in [0.4, 0.5) is 4.39 Å². The van der Waals surface area contributed by atoms with Gasteiger partial charge in [-0.25, -0.2) is 4.39 Å². The molecule has 0 fully saturated rings. The van der Waals surface area contributed by atoms with Crippen LogP contribution in [0.1, 0.15) is 26.3 Å². The molecule has 0 radical (unpaired) electrons. The summed E-state index contributed by atoms with van der Waals surface area (Å²) in [6.07, 6.45) is 0. The first-order valence-corrected chi connectivity index (χ1v) is 5.75. The van der Waals surface area contributed by atoms with Crippen LogP contribution >= 0.6 is 0 Å². The molecule has 0 aromatic heterocycles. The number of Topliss-reactive ketones (excluding diaryl/α,β-unsaturated/α-hetero) is 1. The van der Waals surface area contributed by atoms with E-state index in [9.17, 15) is 9.18 Å². The number of hydrogen-bond acceptors (Lipinski definition) is 2. The van der Waals surface area contributed by atoms with E-state index < -0.39 is 0 Å². The van der Waals surface area contributed by atoms with Crippen molar-refractivity contribution in [2.24, 2.45) is 5.41 Å². The van der Waals surface area contributed by atoms with E-state index in [1.807, 2.05) is 20.9 Å². The third-order valence-corrected chi connectivity index (χ3v) is 2.98. The van der Waals surface area contributed by atoms with Crippen molar-refractivity contribution in [1.29, 1.82) is 0 Å². The van der Waals surface area contributed by atoms with Crippen molar-refractivity contribution in [2.75, 3.05) is 13.6 Å². The molecule has 0 bridgehead atoms. The highest BCUT2D eigenvalue weighted by molar-refractivity contribution is 5.81. The number of benzene rings is 1. The summed E-state index contributed by atoms with van der Waals surface area (Å²) < 4.78 is 12.7. The van der Waals surface area contributed by atoms with E-state index >= 15 is 0 Å². The van der Waals surface area contributed by atoms with Crippen LogP contribution in [0.15, 0.2) is 24.3 Å². The standard InChI is InChI=1S/C14H20FNO/c1-11(17)14(2,3)10-16(4)9-12-5-7-13(15)8-6-12/h5-8H,9-10H2,1-4H3. The van der Waals surface area contributed by atoms with Crippen LogP contribution in [-0.4, -0.2) is 24.3 Å². The molecule has 1 rings (SSSR count). The second-order valence-corrected chi connectivity index (χ2v) is 5.24. The summed E-state index contributed by atoms with van der Waals surface area (Å²) in [7, 11) is 1.97. The Balaban J connectivity index is 2.58. The highest BCUT2D eigenvalue weighted by Gasteiger charge is 2.25. The van der Waals surface area contributed by atoms with Crippen molar-refractivity contribution in [3.8, 4) is 0 Å². The van der Waals surface area contributed by atoms with Gasteiger partial charge in [0.1, 0.15) is 11.6 Å². The molecule has 0 amide bonds. The monoisotopic (exact) mass is 237 g/mol. The minimum Gasteiger partial charge on any atom is -0.301 e. The highest BCUT2D eigenvalue weighted by atomic mass is 19.1. The molecule has 0 aliphatic carbocycles. The third kappa shape index (κ3) is 4.27. The number of ketones is 1. The fourth-order valence-corrected chi connectivity index (χ4v) is 1.74. The van der Waals surface area contributed by atoms with E-state index in [0.29, 0.717) is 6.54 Å². The van der Waals surface area contributed by atoms with Gasteiger partial charge in [0.15, 0.2) is 0 Å². The Hall–Kier alpha value is -1.22. The van der Waals surface area contributed by atoms with Gasteiger partial charge in [-0.1, -0.05) is 26.0 Å². The molecule has 0 aliphatic rings. The lowest BCUT2D eigenvalue weighted by atomic mass is 9.88. The average Bonchev–Trinajstić information content (AvgIpc) is 2.20. The molecule has 17 heavy (non-hydrogen) atoms. The molecular formula is C14H20FNO. The Morgan fingerprint density at radius 2 is 1.82 bits per heavy atom. The first-order chi connectivity index (χ1) is 7.81. The van der Waals surface area contributed by atoms with Crippen LogP contribution < -0.4 is 0 Å². The molecule has 1 aromatic carbocycles. The van der Waals surface area contributed by atoms with Gasteiger partial charge in [-0.05, 0) is 31.7 Å². The molecule has 0 spiro atoms. The molecule has 0 N–H and O–H groups in total. The topological polar surface area (TPSA) is 20.3 Å². The van der Waals surface area contributed by atoms with Crippen molar-refractivity contribution in [3.63, 3.8) is 0 Å². The van der Waals surface area contributed by atoms with Crippen LogP contribution in [0, 0.1) is 11.2 Å². The number of carbonyl (C=O) groups is 1. The van der Waals surface area contributed by atoms with Crippen LogP contribution in [-0.2, 0) is 11.3 Å². The second-order valence-electron chi connectivity index (χ2n) is 5.24. The SMILES string of the molecule is CC(=O)C(C)(C)CN(C)Cc1ccc(F)cc1. The Bertz CT molecular complexity index is 384. The maximum Gasteiger partial charge on any atom is 0.136 e. The van der Waals surface area contributed by atoms with Crippen molar-refractivity contribution >= 4 is 5.78 Å². The molecule has 0 saturated carbocycles. The summed E-state index contributed by atoms with van der Waals surface area (Å²) in [5.41, 5.74) is 0.711. The molecule has 0 atom stereocenters. The minimum absolute atomic E-state index is 0.184. The van der Waals surface area contributed by atoms with E-state index in [2.05, 4.69) is 4.90 Å². The van der Waals surface area contributed by atoms with Gasteiger partial charge < -0.3 is 4.90 Å². The predicted octanol–water partition coefficient (Wildman–Crippen LogP) is 2.87. The van der Waals surface area contributed by atoms with E-state index in [-0.39, 0.29) is 17.0 Å². The zero-order valence-electron chi connectivity index (χ0n) is 11.0. The van der Waals surface area contributed by atoms with Crippen molar-refractivity contribution < 1.29 is 9.18 Å². The number of carbonyl (C=O) groups excluding carboxylic acids is 1. The first kappa shape index (κ1) is 13.8. The molecular weight excluding hydrogens is 217 g/mol. The van der Waals surface area contributed by atoms with Gasteiger partial charge in [0, 0.05) is 18.5 Å². The van der Waals surface area contributed by atoms with Crippen molar-refractivity contribution in [3.05, 3.63) is 35.6 Å². The molecule has 0 saturated heterocycles. The van der Waals surface area contributed by atoms with Crippen molar-refractivity contribution in [1.82, 2.24) is 4.90 Å². The summed E-state index contributed by atoms with van der Waals surface area (Å²) in [6.45, 7) is 6.91. The van der Waals surface area contributed by atoms with Crippen LogP contribution in [0.25, 0.3) is 0 Å². The zero-order valence-corrected chi connectivity index (χ0v) is 11.0. The van der Waals surface area contributed by atoms with E-state index in [4.69, 9.17) is 0 Å². The van der Waals surface area contributed by atoms with Crippen LogP contribution in [0.2, 0.25) is 0 Å². The second kappa shape index (κ2) is 5.41. The lowest BCUT2D eigenvalue weighted by Gasteiger charge is -2.28. The molecule has 0 unspecified atom stereocenters. The Morgan fingerprint density at radius 3 is 2.29 bits per heavy atom. The summed E-state index contributed by atoms with van der Waals surface area (Å²) >= 11 is 0. The summed E-state index contributed by atoms with van der Waals surface area (Å²) in [5.74, 6) is -0.0380. The quantitative estimate of drug-likeness (QED) is 0.785. The summed E-state index contributed by atoms with van der Waals surface area (Å²) in [6, 6.07) is 6.46. The van der Waals surface area contributed by atoms with Gasteiger partial charge >= 0.3 is 0 Å². The van der Waals surface area contributed by atoms with Gasteiger partial charge in [0.05, 0.1) is 0 Å². The van der Waals surface area contributed by atoms with Crippen LogP contribution in [0.5, 0.6) is 0 Å². The van der Waals surface area contributed by atoms with E-state index in [1.54, 1.807) is 19.1 Å². The lowest BCUT2D eigenvalue weighted by Crippen LogP contribution is -2.35. The Morgan fingerprint density at radius 1 is 1.29 bits per heavy atom. The summed E-state index contributed by atoms with van der Waals surface area (Å²) in [4.78, 5) is 13.5. The number of halogens is 1. The van der Waals surface area contributed by atoms with Gasteiger partial charge in [0.25, 0.3) is 0 Å². The molecule has 0 heterocycles. The maximum absolute atomic E-state index is 12.7. The van der Waals surface area contributed by atoms with E-state index in [1.165, 1.54) is 12.1 Å². The highest BCUT2D eigenvalue weighted by Crippen LogP contribution is 2.18. The fraction of sp³-hybridized carbons (Fsp3) is 0.500. The van der Waals surface area contributed by atoms with Crippen LogP contribution in [0.3, 0.4) is 0 Å². The molecule has 0 aliphatic heterocycles. The van der Waals surface area contributed by atoms with Crippen molar-refractivity contribution in [2.45, 2.75) is 27.3 Å². The third-order valence-electron chi connectivity index (χ3n) is 2.98.